The summed E-state index contributed by atoms with van der Waals surface area (Å²) in [6.07, 6.45) is 1.78. The van der Waals surface area contributed by atoms with Crippen molar-refractivity contribution in [1.29, 1.82) is 0 Å². The Balaban J connectivity index is 1.96. The van der Waals surface area contributed by atoms with Crippen LogP contribution in [0.3, 0.4) is 0 Å². The van der Waals surface area contributed by atoms with Gasteiger partial charge in [0, 0.05) is 13.0 Å². The topological polar surface area (TPSA) is 94.0 Å². The van der Waals surface area contributed by atoms with Crippen LogP contribution >= 0.6 is 12.2 Å². The van der Waals surface area contributed by atoms with Crippen LogP contribution in [0.4, 0.5) is 0 Å². The van der Waals surface area contributed by atoms with E-state index < -0.39 is 5.92 Å². The zero-order chi connectivity index (χ0) is 14.4. The van der Waals surface area contributed by atoms with Crippen molar-refractivity contribution in [3.8, 4) is 0 Å². The van der Waals surface area contributed by atoms with Crippen molar-refractivity contribution in [3.63, 3.8) is 0 Å². The molecule has 0 aliphatic heterocycles. The van der Waals surface area contributed by atoms with E-state index in [-0.39, 0.29) is 10.9 Å². The minimum absolute atomic E-state index is 0.145. The van der Waals surface area contributed by atoms with Crippen molar-refractivity contribution in [2.75, 3.05) is 6.54 Å². The van der Waals surface area contributed by atoms with Crippen LogP contribution in [0.5, 0.6) is 0 Å². The van der Waals surface area contributed by atoms with Gasteiger partial charge in [-0.3, -0.25) is 4.79 Å². The summed E-state index contributed by atoms with van der Waals surface area (Å²) < 4.78 is 4.84. The molecule has 1 aromatic heterocycles. The monoisotopic (exact) mass is 290 g/mol. The van der Waals surface area contributed by atoms with E-state index in [1.807, 2.05) is 30.3 Å². The van der Waals surface area contributed by atoms with E-state index in [2.05, 4.69) is 15.5 Å². The normalized spacial score (nSPS) is 11.8. The third-order valence-electron chi connectivity index (χ3n) is 2.72. The first-order valence-corrected chi connectivity index (χ1v) is 6.47. The fraction of sp³-hybridized carbons (Fsp3) is 0.231. The Morgan fingerprint density at radius 2 is 2.15 bits per heavy atom. The first-order chi connectivity index (χ1) is 9.68. The van der Waals surface area contributed by atoms with Crippen LogP contribution in [0, 0.1) is 0 Å². The molecule has 2 rings (SSSR count). The van der Waals surface area contributed by atoms with Crippen LogP contribution in [0.25, 0.3) is 0 Å². The van der Waals surface area contributed by atoms with Crippen LogP contribution in [0.15, 0.2) is 41.2 Å². The Labute approximate surface area is 121 Å². The lowest BCUT2D eigenvalue weighted by atomic mass is 9.98. The summed E-state index contributed by atoms with van der Waals surface area (Å²) in [5.74, 6) is -0.394. The van der Waals surface area contributed by atoms with E-state index in [4.69, 9.17) is 22.5 Å². The lowest BCUT2D eigenvalue weighted by Gasteiger charge is -2.15. The molecular weight excluding hydrogens is 276 g/mol. The molecule has 2 aromatic rings. The van der Waals surface area contributed by atoms with E-state index >= 15 is 0 Å². The second kappa shape index (κ2) is 6.76. The number of carbonyl (C=O) groups is 1. The number of nitrogens with one attached hydrogen (secondary N) is 1. The van der Waals surface area contributed by atoms with Gasteiger partial charge in [-0.15, -0.1) is 0 Å². The molecule has 0 spiro atoms. The van der Waals surface area contributed by atoms with Gasteiger partial charge in [-0.2, -0.15) is 4.98 Å². The zero-order valence-corrected chi connectivity index (χ0v) is 11.5. The molecule has 0 saturated heterocycles. The smallest absolute Gasteiger partial charge is 0.234 e. The van der Waals surface area contributed by atoms with Gasteiger partial charge in [0.05, 0.1) is 4.99 Å². The molecule has 104 valence electrons. The highest BCUT2D eigenvalue weighted by Gasteiger charge is 2.22. The number of nitrogens with two attached hydrogens (primary N) is 1. The third-order valence-corrected chi connectivity index (χ3v) is 2.96. The molecule has 1 unspecified atom stereocenters. The van der Waals surface area contributed by atoms with Gasteiger partial charge < -0.3 is 15.6 Å². The minimum Gasteiger partial charge on any atom is -0.392 e. The predicted molar refractivity (Wildman–Crippen MR) is 77.0 cm³/mol. The number of rotatable bonds is 6. The molecule has 7 heteroatoms. The summed E-state index contributed by atoms with van der Waals surface area (Å²) in [7, 11) is 0. The van der Waals surface area contributed by atoms with E-state index in [9.17, 15) is 4.79 Å². The van der Waals surface area contributed by atoms with E-state index in [0.717, 1.165) is 5.56 Å². The molecule has 6 nitrogen and oxygen atoms in total. The Morgan fingerprint density at radius 1 is 1.40 bits per heavy atom. The van der Waals surface area contributed by atoms with Crippen molar-refractivity contribution in [1.82, 2.24) is 15.5 Å². The summed E-state index contributed by atoms with van der Waals surface area (Å²) >= 11 is 4.98. The fourth-order valence-corrected chi connectivity index (χ4v) is 2.03. The van der Waals surface area contributed by atoms with Gasteiger partial charge in [-0.1, -0.05) is 47.7 Å². The molecule has 0 radical (unpaired) electrons. The zero-order valence-electron chi connectivity index (χ0n) is 10.7. The van der Waals surface area contributed by atoms with Crippen LogP contribution in [-0.4, -0.2) is 27.6 Å². The van der Waals surface area contributed by atoms with Crippen molar-refractivity contribution >= 4 is 23.1 Å². The summed E-state index contributed by atoms with van der Waals surface area (Å²) in [6, 6.07) is 9.19. The van der Waals surface area contributed by atoms with Crippen molar-refractivity contribution < 1.29 is 9.32 Å². The highest BCUT2D eigenvalue weighted by Crippen LogP contribution is 2.16. The number of hydrogen-bond acceptors (Lipinski definition) is 5. The Kier molecular flexibility index (Phi) is 4.78. The van der Waals surface area contributed by atoms with Crippen LogP contribution in [0.2, 0.25) is 0 Å². The fourth-order valence-electron chi connectivity index (χ4n) is 1.79. The number of thiocarbonyl (C=S) groups is 1. The van der Waals surface area contributed by atoms with Gasteiger partial charge in [-0.05, 0) is 5.56 Å². The highest BCUT2D eigenvalue weighted by atomic mass is 32.1. The number of aromatic nitrogens is 2. The Hall–Kier alpha value is -2.28. The highest BCUT2D eigenvalue weighted by molar-refractivity contribution is 7.80. The summed E-state index contributed by atoms with van der Waals surface area (Å²) in [5, 5.41) is 6.26. The van der Waals surface area contributed by atoms with Crippen LogP contribution in [-0.2, 0) is 11.2 Å². The number of hydrogen-bond donors (Lipinski definition) is 2. The molecule has 1 aromatic carbocycles. The van der Waals surface area contributed by atoms with Crippen LogP contribution in [0.1, 0.15) is 17.4 Å². The lowest BCUT2D eigenvalue weighted by Crippen LogP contribution is -2.37. The lowest BCUT2D eigenvalue weighted by molar-refractivity contribution is -0.121. The molecule has 1 amide bonds. The third kappa shape index (κ3) is 3.61. The van der Waals surface area contributed by atoms with E-state index in [1.54, 1.807) is 0 Å². The second-order valence-electron chi connectivity index (χ2n) is 4.12. The van der Waals surface area contributed by atoms with Gasteiger partial charge in [0.1, 0.15) is 5.92 Å². The molecule has 0 saturated carbocycles. The standard InChI is InChI=1S/C13H14N4O2S/c14-12(20)11(9-4-2-1-3-5-9)13(18)15-7-6-10-16-8-17-19-10/h1-5,8,11H,6-7H2,(H2,14,20)(H,15,18). The maximum Gasteiger partial charge on any atom is 0.234 e. The van der Waals surface area contributed by atoms with Gasteiger partial charge >= 0.3 is 0 Å². The molecule has 0 fully saturated rings. The minimum atomic E-state index is -0.631. The second-order valence-corrected chi connectivity index (χ2v) is 4.59. The molecule has 0 aliphatic rings. The van der Waals surface area contributed by atoms with Gasteiger partial charge in [-0.25, -0.2) is 0 Å². The predicted octanol–water partition coefficient (Wildman–Crippen LogP) is 0.798. The average Bonchev–Trinajstić information content (AvgIpc) is 2.93. The maximum absolute atomic E-state index is 12.2. The molecule has 3 N–H and O–H groups in total. The van der Waals surface area contributed by atoms with Crippen LogP contribution < -0.4 is 11.1 Å². The number of benzene rings is 1. The molecule has 1 atom stereocenters. The van der Waals surface area contributed by atoms with Crippen molar-refractivity contribution in [3.05, 3.63) is 48.1 Å². The van der Waals surface area contributed by atoms with Gasteiger partial charge in [0.2, 0.25) is 11.8 Å². The Bertz CT molecular complexity index is 571. The van der Waals surface area contributed by atoms with Crippen molar-refractivity contribution in [2.24, 2.45) is 5.73 Å². The molecule has 20 heavy (non-hydrogen) atoms. The summed E-state index contributed by atoms with van der Waals surface area (Å²) in [6.45, 7) is 0.382. The number of amides is 1. The summed E-state index contributed by atoms with van der Waals surface area (Å²) in [5.41, 5.74) is 6.44. The van der Waals surface area contributed by atoms with E-state index in [1.165, 1.54) is 6.33 Å². The first-order valence-electron chi connectivity index (χ1n) is 6.06. The van der Waals surface area contributed by atoms with Gasteiger partial charge in [0.25, 0.3) is 0 Å². The van der Waals surface area contributed by atoms with Crippen molar-refractivity contribution in [2.45, 2.75) is 12.3 Å². The molecule has 0 aliphatic carbocycles. The SMILES string of the molecule is NC(=S)C(C(=O)NCCc1ncno1)c1ccccc1. The molecular formula is C13H14N4O2S. The quantitative estimate of drug-likeness (QED) is 0.764. The largest absolute Gasteiger partial charge is 0.392 e. The molecule has 0 bridgehead atoms. The van der Waals surface area contributed by atoms with E-state index in [0.29, 0.717) is 18.9 Å². The maximum atomic E-state index is 12.2. The molecule has 1 heterocycles. The summed E-state index contributed by atoms with van der Waals surface area (Å²) in [4.78, 5) is 16.2. The number of carbonyl (C=O) groups excluding carboxylic acids is 1. The van der Waals surface area contributed by atoms with Gasteiger partial charge in [0.15, 0.2) is 6.33 Å². The average molecular weight is 290 g/mol. The number of nitrogens with zero attached hydrogens (tertiary/aromatic N) is 2. The Morgan fingerprint density at radius 3 is 2.75 bits per heavy atom. The first kappa shape index (κ1) is 14.1.